The van der Waals surface area contributed by atoms with Crippen LogP contribution in [0, 0.1) is 6.92 Å². The van der Waals surface area contributed by atoms with Crippen LogP contribution in [-0.4, -0.2) is 13.2 Å². The van der Waals surface area contributed by atoms with Crippen LogP contribution in [0.1, 0.15) is 122 Å². The summed E-state index contributed by atoms with van der Waals surface area (Å²) in [6.07, 6.45) is 21.4. The summed E-state index contributed by atoms with van der Waals surface area (Å²) in [5.41, 5.74) is 1.18. The monoisotopic (exact) mass is 404 g/mol. The third-order valence-electron chi connectivity index (χ3n) is 5.67. The first-order chi connectivity index (χ1) is 14.3. The molecule has 0 radical (unpaired) electrons. The first-order valence-electron chi connectivity index (χ1n) is 12.6. The molecule has 0 unspecified atom stereocenters. The molecule has 0 aromatic heterocycles. The number of hydrogen-bond acceptors (Lipinski definition) is 2. The van der Waals surface area contributed by atoms with Gasteiger partial charge in [-0.1, -0.05) is 104 Å². The van der Waals surface area contributed by atoms with E-state index in [0.29, 0.717) is 0 Å². The molecular formula is C27H48O2. The average molecular weight is 405 g/mol. The second-order valence-electron chi connectivity index (χ2n) is 8.57. The van der Waals surface area contributed by atoms with Crippen molar-refractivity contribution in [3.8, 4) is 11.5 Å². The molecule has 0 bridgehead atoms. The van der Waals surface area contributed by atoms with E-state index in [0.717, 1.165) is 37.6 Å². The summed E-state index contributed by atoms with van der Waals surface area (Å²) in [6, 6.07) is 6.25. The predicted octanol–water partition coefficient (Wildman–Crippen LogP) is 9.03. The van der Waals surface area contributed by atoms with E-state index in [1.165, 1.54) is 95.5 Å². The van der Waals surface area contributed by atoms with Crippen LogP contribution in [0.4, 0.5) is 0 Å². The second-order valence-corrected chi connectivity index (χ2v) is 8.57. The van der Waals surface area contributed by atoms with Crippen LogP contribution in [0.3, 0.4) is 0 Å². The number of benzene rings is 1. The summed E-state index contributed by atoms with van der Waals surface area (Å²) < 4.78 is 11.9. The van der Waals surface area contributed by atoms with Crippen molar-refractivity contribution in [3.63, 3.8) is 0 Å². The van der Waals surface area contributed by atoms with Gasteiger partial charge in [0.25, 0.3) is 0 Å². The van der Waals surface area contributed by atoms with E-state index < -0.39 is 0 Å². The fourth-order valence-corrected chi connectivity index (χ4v) is 3.72. The van der Waals surface area contributed by atoms with Crippen LogP contribution in [0.25, 0.3) is 0 Å². The fraction of sp³-hybridized carbons (Fsp3) is 0.778. The fourth-order valence-electron chi connectivity index (χ4n) is 3.72. The molecule has 0 heterocycles. The van der Waals surface area contributed by atoms with Gasteiger partial charge < -0.3 is 9.47 Å². The predicted molar refractivity (Wildman–Crippen MR) is 127 cm³/mol. The Bertz CT molecular complexity index is 483. The molecule has 0 saturated heterocycles. The molecule has 0 aliphatic rings. The van der Waals surface area contributed by atoms with Gasteiger partial charge in [0.2, 0.25) is 0 Å². The highest BCUT2D eigenvalue weighted by molar-refractivity contribution is 5.39. The minimum absolute atomic E-state index is 0.826. The maximum Gasteiger partial charge on any atom is 0.122 e. The molecule has 0 atom stereocenters. The smallest absolute Gasteiger partial charge is 0.122 e. The molecule has 0 amide bonds. The third-order valence-corrected chi connectivity index (χ3v) is 5.67. The van der Waals surface area contributed by atoms with Gasteiger partial charge in [-0.25, -0.2) is 0 Å². The Hall–Kier alpha value is -1.18. The lowest BCUT2D eigenvalue weighted by Gasteiger charge is -2.12. The Morgan fingerprint density at radius 1 is 0.552 bits per heavy atom. The Morgan fingerprint density at radius 2 is 1.00 bits per heavy atom. The van der Waals surface area contributed by atoms with E-state index in [1.807, 2.05) is 0 Å². The van der Waals surface area contributed by atoms with Crippen molar-refractivity contribution in [3.05, 3.63) is 23.8 Å². The van der Waals surface area contributed by atoms with Crippen LogP contribution >= 0.6 is 0 Å². The van der Waals surface area contributed by atoms with Gasteiger partial charge in [-0.2, -0.15) is 0 Å². The number of aryl methyl sites for hydroxylation is 1. The molecule has 0 aliphatic heterocycles. The first-order valence-corrected chi connectivity index (χ1v) is 12.6. The lowest BCUT2D eigenvalue weighted by Crippen LogP contribution is -2.01. The van der Waals surface area contributed by atoms with E-state index in [4.69, 9.17) is 9.47 Å². The molecule has 1 aromatic carbocycles. The molecule has 29 heavy (non-hydrogen) atoms. The van der Waals surface area contributed by atoms with Crippen molar-refractivity contribution in [1.29, 1.82) is 0 Å². The van der Waals surface area contributed by atoms with E-state index in [1.54, 1.807) is 0 Å². The Balaban J connectivity index is 2.05. The SMILES string of the molecule is CCCCCCCCCCOc1ccc(OCCCCCCCCCC)c(C)c1. The number of ether oxygens (including phenoxy) is 2. The topological polar surface area (TPSA) is 18.5 Å². The largest absolute Gasteiger partial charge is 0.494 e. The van der Waals surface area contributed by atoms with E-state index in [9.17, 15) is 0 Å². The van der Waals surface area contributed by atoms with Gasteiger partial charge in [-0.05, 0) is 43.5 Å². The highest BCUT2D eigenvalue weighted by atomic mass is 16.5. The number of hydrogen-bond donors (Lipinski definition) is 0. The lowest BCUT2D eigenvalue weighted by molar-refractivity contribution is 0.294. The molecule has 0 aliphatic carbocycles. The van der Waals surface area contributed by atoms with Crippen molar-refractivity contribution in [2.75, 3.05) is 13.2 Å². The molecule has 0 saturated carbocycles. The van der Waals surface area contributed by atoms with Gasteiger partial charge in [-0.15, -0.1) is 0 Å². The molecule has 0 spiro atoms. The molecule has 2 nitrogen and oxygen atoms in total. The number of rotatable bonds is 20. The van der Waals surface area contributed by atoms with Crippen molar-refractivity contribution >= 4 is 0 Å². The summed E-state index contributed by atoms with van der Waals surface area (Å²) in [6.45, 7) is 8.32. The zero-order valence-electron chi connectivity index (χ0n) is 19.8. The second kappa shape index (κ2) is 18.8. The van der Waals surface area contributed by atoms with Crippen LogP contribution in [0.15, 0.2) is 18.2 Å². The Kier molecular flexibility index (Phi) is 16.8. The molecule has 2 heteroatoms. The first kappa shape index (κ1) is 25.9. The van der Waals surface area contributed by atoms with Crippen molar-refractivity contribution < 1.29 is 9.47 Å². The third kappa shape index (κ3) is 14.4. The van der Waals surface area contributed by atoms with Crippen LogP contribution in [-0.2, 0) is 0 Å². The van der Waals surface area contributed by atoms with Crippen LogP contribution in [0.2, 0.25) is 0 Å². The number of unbranched alkanes of at least 4 members (excludes halogenated alkanes) is 14. The van der Waals surface area contributed by atoms with Crippen LogP contribution in [0.5, 0.6) is 11.5 Å². The summed E-state index contributed by atoms with van der Waals surface area (Å²) in [7, 11) is 0. The minimum Gasteiger partial charge on any atom is -0.494 e. The van der Waals surface area contributed by atoms with Gasteiger partial charge in [-0.3, -0.25) is 0 Å². The quantitative estimate of drug-likeness (QED) is 0.202. The van der Waals surface area contributed by atoms with Gasteiger partial charge in [0.1, 0.15) is 11.5 Å². The van der Waals surface area contributed by atoms with E-state index >= 15 is 0 Å². The van der Waals surface area contributed by atoms with Gasteiger partial charge in [0.15, 0.2) is 0 Å². The summed E-state index contributed by atoms with van der Waals surface area (Å²) in [5.74, 6) is 1.98. The van der Waals surface area contributed by atoms with Crippen molar-refractivity contribution in [2.45, 2.75) is 124 Å². The van der Waals surface area contributed by atoms with E-state index in [2.05, 4.69) is 39.0 Å². The highest BCUT2D eigenvalue weighted by Gasteiger charge is 2.03. The molecule has 0 N–H and O–H groups in total. The van der Waals surface area contributed by atoms with Crippen LogP contribution < -0.4 is 9.47 Å². The average Bonchev–Trinajstić information content (AvgIpc) is 2.72. The van der Waals surface area contributed by atoms with Gasteiger partial charge in [0.05, 0.1) is 13.2 Å². The maximum atomic E-state index is 5.98. The van der Waals surface area contributed by atoms with Gasteiger partial charge >= 0.3 is 0 Å². The summed E-state index contributed by atoms with van der Waals surface area (Å²) in [4.78, 5) is 0. The highest BCUT2D eigenvalue weighted by Crippen LogP contribution is 2.24. The lowest BCUT2D eigenvalue weighted by atomic mass is 10.1. The van der Waals surface area contributed by atoms with E-state index in [-0.39, 0.29) is 0 Å². The standard InChI is InChI=1S/C27H48O2/c1-4-6-8-10-12-14-16-18-22-28-26-20-21-27(25(3)24-26)29-23-19-17-15-13-11-9-7-5-2/h20-21,24H,4-19,22-23H2,1-3H3. The summed E-state index contributed by atoms with van der Waals surface area (Å²) >= 11 is 0. The molecule has 1 rings (SSSR count). The molecule has 168 valence electrons. The van der Waals surface area contributed by atoms with Gasteiger partial charge in [0, 0.05) is 0 Å². The normalized spacial score (nSPS) is 11.0. The minimum atomic E-state index is 0.826. The Labute approximate surface area is 181 Å². The Morgan fingerprint density at radius 3 is 1.48 bits per heavy atom. The molecule has 0 fully saturated rings. The summed E-state index contributed by atoms with van der Waals surface area (Å²) in [5, 5.41) is 0. The molecule has 1 aromatic rings. The zero-order chi connectivity index (χ0) is 21.0. The zero-order valence-corrected chi connectivity index (χ0v) is 19.8. The molecular weight excluding hydrogens is 356 g/mol. The van der Waals surface area contributed by atoms with Crippen molar-refractivity contribution in [1.82, 2.24) is 0 Å². The maximum absolute atomic E-state index is 5.98. The van der Waals surface area contributed by atoms with Crippen molar-refractivity contribution in [2.24, 2.45) is 0 Å².